The monoisotopic (exact) mass is 403 g/mol. The van der Waals surface area contributed by atoms with Crippen molar-refractivity contribution >= 4 is 16.9 Å². The van der Waals surface area contributed by atoms with Gasteiger partial charge in [0.25, 0.3) is 5.56 Å². The molecule has 0 spiro atoms. The number of aryl methyl sites for hydroxylation is 2. The van der Waals surface area contributed by atoms with E-state index in [0.717, 1.165) is 35.7 Å². The van der Waals surface area contributed by atoms with Crippen molar-refractivity contribution in [3.05, 3.63) is 58.4 Å². The second kappa shape index (κ2) is 6.91. The molecule has 154 valence electrons. The predicted octanol–water partition coefficient (Wildman–Crippen LogP) is 2.21. The van der Waals surface area contributed by atoms with Crippen LogP contribution in [0.25, 0.3) is 22.6 Å². The average molecular weight is 403 g/mol. The number of hydrogen-bond donors (Lipinski definition) is 1. The summed E-state index contributed by atoms with van der Waals surface area (Å²) in [6, 6.07) is 8.23. The molecule has 30 heavy (non-hydrogen) atoms. The highest BCUT2D eigenvalue weighted by Crippen LogP contribution is 2.21. The largest absolute Gasteiger partial charge is 0.367 e. The maximum absolute atomic E-state index is 12.9. The maximum Gasteiger partial charge on any atom is 0.258 e. The lowest BCUT2D eigenvalue weighted by molar-refractivity contribution is 0.407. The minimum absolute atomic E-state index is 0.115. The lowest BCUT2D eigenvalue weighted by atomic mass is 10.1. The Labute approximate surface area is 174 Å². The van der Waals surface area contributed by atoms with Crippen molar-refractivity contribution in [2.24, 2.45) is 0 Å². The molecule has 0 bridgehead atoms. The van der Waals surface area contributed by atoms with Crippen molar-refractivity contribution in [2.45, 2.75) is 39.8 Å². The van der Waals surface area contributed by atoms with Gasteiger partial charge < -0.3 is 10.2 Å². The third-order valence-corrected chi connectivity index (χ3v) is 5.59. The maximum atomic E-state index is 12.9. The van der Waals surface area contributed by atoms with Crippen molar-refractivity contribution < 1.29 is 0 Å². The molecule has 0 unspecified atom stereocenters. The third-order valence-electron chi connectivity index (χ3n) is 5.59. The topological polar surface area (TPSA) is 79.8 Å². The van der Waals surface area contributed by atoms with Crippen LogP contribution in [0.1, 0.15) is 25.2 Å². The van der Waals surface area contributed by atoms with E-state index in [1.165, 1.54) is 0 Å². The molecule has 4 aromatic heterocycles. The smallest absolute Gasteiger partial charge is 0.258 e. The van der Waals surface area contributed by atoms with Gasteiger partial charge in [0, 0.05) is 37.4 Å². The molecule has 1 saturated heterocycles. The van der Waals surface area contributed by atoms with Gasteiger partial charge in [0.2, 0.25) is 0 Å². The van der Waals surface area contributed by atoms with E-state index in [1.54, 1.807) is 15.0 Å². The Hall–Kier alpha value is -3.26. The molecule has 2 atom stereocenters. The van der Waals surface area contributed by atoms with Crippen LogP contribution in [-0.2, 0) is 0 Å². The number of anilines is 1. The first-order chi connectivity index (χ1) is 14.4. The van der Waals surface area contributed by atoms with Crippen LogP contribution in [0.15, 0.2) is 41.5 Å². The summed E-state index contributed by atoms with van der Waals surface area (Å²) in [6.45, 7) is 10.1. The number of hydrogen-bond acceptors (Lipinski definition) is 6. The number of nitrogens with one attached hydrogen (secondary N) is 1. The van der Waals surface area contributed by atoms with Crippen molar-refractivity contribution in [3.8, 4) is 11.4 Å². The molecule has 5 heterocycles. The van der Waals surface area contributed by atoms with Crippen molar-refractivity contribution in [1.82, 2.24) is 29.3 Å². The zero-order chi connectivity index (χ0) is 21.0. The van der Waals surface area contributed by atoms with Gasteiger partial charge in [-0.15, -0.1) is 0 Å². The second-order valence-electron chi connectivity index (χ2n) is 8.30. The SMILES string of the molecule is Cc1cn2nc(-c3cc(=O)n4cc(N5C[C@@H](C)N[C@@H](C)C5)ccc4n3)cc2c(C)n1. The molecular formula is C22H25N7O. The molecule has 5 rings (SSSR count). The van der Waals surface area contributed by atoms with Gasteiger partial charge in [-0.25, -0.2) is 9.50 Å². The summed E-state index contributed by atoms with van der Waals surface area (Å²) < 4.78 is 3.41. The zero-order valence-electron chi connectivity index (χ0n) is 17.6. The minimum atomic E-state index is -0.115. The molecule has 1 N–H and O–H groups in total. The molecular weight excluding hydrogens is 378 g/mol. The van der Waals surface area contributed by atoms with E-state index in [-0.39, 0.29) is 5.56 Å². The quantitative estimate of drug-likeness (QED) is 0.553. The van der Waals surface area contributed by atoms with Crippen LogP contribution in [0.2, 0.25) is 0 Å². The first kappa shape index (κ1) is 18.7. The van der Waals surface area contributed by atoms with E-state index in [2.05, 4.69) is 34.1 Å². The van der Waals surface area contributed by atoms with Crippen LogP contribution >= 0.6 is 0 Å². The Morgan fingerprint density at radius 3 is 2.53 bits per heavy atom. The van der Waals surface area contributed by atoms with E-state index in [1.807, 2.05) is 44.4 Å². The summed E-state index contributed by atoms with van der Waals surface area (Å²) in [5.74, 6) is 0. The Balaban J connectivity index is 1.56. The molecule has 0 radical (unpaired) electrons. The Kier molecular flexibility index (Phi) is 4.32. The van der Waals surface area contributed by atoms with Gasteiger partial charge in [-0.1, -0.05) is 0 Å². The number of piperazine rings is 1. The molecule has 1 aliphatic heterocycles. The molecule has 0 aliphatic carbocycles. The average Bonchev–Trinajstić information content (AvgIpc) is 3.11. The van der Waals surface area contributed by atoms with Crippen molar-refractivity contribution in [2.75, 3.05) is 18.0 Å². The van der Waals surface area contributed by atoms with Gasteiger partial charge in [0.15, 0.2) is 0 Å². The van der Waals surface area contributed by atoms with Gasteiger partial charge >= 0.3 is 0 Å². The number of rotatable bonds is 2. The van der Waals surface area contributed by atoms with E-state index >= 15 is 0 Å². The number of aromatic nitrogens is 5. The molecule has 0 saturated carbocycles. The fraction of sp³-hybridized carbons (Fsp3) is 0.364. The van der Waals surface area contributed by atoms with Gasteiger partial charge in [-0.05, 0) is 45.9 Å². The van der Waals surface area contributed by atoms with Crippen molar-refractivity contribution in [1.29, 1.82) is 0 Å². The summed E-state index contributed by atoms with van der Waals surface area (Å²) in [6.07, 6.45) is 3.77. The number of pyridine rings is 1. The Morgan fingerprint density at radius 1 is 1.00 bits per heavy atom. The van der Waals surface area contributed by atoms with E-state index in [9.17, 15) is 4.79 Å². The van der Waals surface area contributed by atoms with Crippen molar-refractivity contribution in [3.63, 3.8) is 0 Å². The fourth-order valence-corrected chi connectivity index (χ4v) is 4.36. The first-order valence-electron chi connectivity index (χ1n) is 10.3. The summed E-state index contributed by atoms with van der Waals surface area (Å²) >= 11 is 0. The molecule has 8 heteroatoms. The summed E-state index contributed by atoms with van der Waals surface area (Å²) in [4.78, 5) is 24.4. The van der Waals surface area contributed by atoms with Crippen LogP contribution in [0.4, 0.5) is 5.69 Å². The highest BCUT2D eigenvalue weighted by molar-refractivity contribution is 5.66. The van der Waals surface area contributed by atoms with Crippen LogP contribution in [-0.4, -0.2) is 49.2 Å². The standard InChI is InChI=1S/C22H25N7O/c1-13-9-27(10-14(2)23-13)17-5-6-21-25-18(8-22(30)28(21)12-17)19-7-20-16(4)24-15(3)11-29(20)26-19/h5-8,11-14,23H,9-10H2,1-4H3/t13-,14+. The predicted molar refractivity (Wildman–Crippen MR) is 117 cm³/mol. The van der Waals surface area contributed by atoms with Gasteiger partial charge in [-0.2, -0.15) is 5.10 Å². The molecule has 1 aliphatic rings. The highest BCUT2D eigenvalue weighted by Gasteiger charge is 2.21. The lowest BCUT2D eigenvalue weighted by Gasteiger charge is -2.37. The Morgan fingerprint density at radius 2 is 1.77 bits per heavy atom. The fourth-order valence-electron chi connectivity index (χ4n) is 4.36. The molecule has 0 amide bonds. The van der Waals surface area contributed by atoms with Crippen LogP contribution in [0, 0.1) is 13.8 Å². The first-order valence-corrected chi connectivity index (χ1v) is 10.3. The molecule has 8 nitrogen and oxygen atoms in total. The Bertz CT molecular complexity index is 1310. The highest BCUT2D eigenvalue weighted by atomic mass is 16.1. The molecule has 4 aromatic rings. The third kappa shape index (κ3) is 3.23. The van der Waals surface area contributed by atoms with Crippen LogP contribution in [0.3, 0.4) is 0 Å². The van der Waals surface area contributed by atoms with E-state index in [0.29, 0.717) is 29.1 Å². The summed E-state index contributed by atoms with van der Waals surface area (Å²) in [7, 11) is 0. The zero-order valence-corrected chi connectivity index (χ0v) is 17.6. The minimum Gasteiger partial charge on any atom is -0.367 e. The van der Waals surface area contributed by atoms with Gasteiger partial charge in [0.05, 0.1) is 34.5 Å². The number of fused-ring (bicyclic) bond motifs is 2. The molecule has 1 fully saturated rings. The van der Waals surface area contributed by atoms with Crippen LogP contribution in [0.5, 0.6) is 0 Å². The van der Waals surface area contributed by atoms with Gasteiger partial charge in [-0.3, -0.25) is 14.2 Å². The lowest BCUT2D eigenvalue weighted by Crippen LogP contribution is -2.54. The normalized spacial score (nSPS) is 19.7. The summed E-state index contributed by atoms with van der Waals surface area (Å²) in [5.41, 5.74) is 5.47. The number of nitrogens with zero attached hydrogens (tertiary/aromatic N) is 6. The van der Waals surface area contributed by atoms with E-state index < -0.39 is 0 Å². The van der Waals surface area contributed by atoms with Crippen LogP contribution < -0.4 is 15.8 Å². The molecule has 0 aromatic carbocycles. The summed E-state index contributed by atoms with van der Waals surface area (Å²) in [5, 5.41) is 8.15. The van der Waals surface area contributed by atoms with Gasteiger partial charge in [0.1, 0.15) is 11.3 Å². The second-order valence-corrected chi connectivity index (χ2v) is 8.30. The van der Waals surface area contributed by atoms with E-state index in [4.69, 9.17) is 4.98 Å².